The molecule has 0 spiro atoms. The first kappa shape index (κ1) is 24.8. The molecule has 0 saturated carbocycles. The van der Waals surface area contributed by atoms with Crippen molar-refractivity contribution in [3.63, 3.8) is 0 Å². The number of carbonyl (C=O) groups excluding carboxylic acids is 1. The number of piperidine rings is 1. The Bertz CT molecular complexity index is 1220. The molecule has 0 radical (unpaired) electrons. The van der Waals surface area contributed by atoms with Crippen molar-refractivity contribution in [3.8, 4) is 5.75 Å². The van der Waals surface area contributed by atoms with E-state index in [-0.39, 0.29) is 12.0 Å². The van der Waals surface area contributed by atoms with Gasteiger partial charge in [0, 0.05) is 55.6 Å². The molecule has 7 nitrogen and oxygen atoms in total. The molecule has 5 rings (SSSR count). The molecule has 2 aliphatic heterocycles. The minimum atomic E-state index is -0.545. The summed E-state index contributed by atoms with van der Waals surface area (Å²) in [5.74, 6) is 0.603. The predicted molar refractivity (Wildman–Crippen MR) is 142 cm³/mol. The Hall–Kier alpha value is -2.87. The standard InChI is InChI=1S/C29H37N3O4/c1-20-26(30-28(33)21-6-9-24(10-7-21)36-19-25-5-4-16-35-25)11-8-22-17-23(31(3)27(20)22)18-32-14-12-29(2,34)13-15-32/h6-11,17,25,34H,4-5,12-16,18-19H2,1-3H3,(H,30,33)/t25-/m0/s1. The number of likely N-dealkylation sites (tertiary alicyclic amines) is 1. The van der Waals surface area contributed by atoms with E-state index in [1.165, 1.54) is 11.1 Å². The quantitative estimate of drug-likeness (QED) is 0.504. The minimum Gasteiger partial charge on any atom is -0.491 e. The van der Waals surface area contributed by atoms with Crippen LogP contribution in [-0.2, 0) is 18.3 Å². The zero-order valence-electron chi connectivity index (χ0n) is 21.5. The van der Waals surface area contributed by atoms with Gasteiger partial charge >= 0.3 is 0 Å². The van der Waals surface area contributed by atoms with E-state index < -0.39 is 5.60 Å². The topological polar surface area (TPSA) is 76.0 Å². The summed E-state index contributed by atoms with van der Waals surface area (Å²) in [5, 5.41) is 14.5. The number of amides is 1. The van der Waals surface area contributed by atoms with Crippen molar-refractivity contribution in [1.82, 2.24) is 9.47 Å². The second-order valence-electron chi connectivity index (χ2n) is 10.6. The normalized spacial score (nSPS) is 20.1. The summed E-state index contributed by atoms with van der Waals surface area (Å²) in [6, 6.07) is 13.6. The molecule has 1 amide bonds. The van der Waals surface area contributed by atoms with Crippen LogP contribution in [0.3, 0.4) is 0 Å². The number of hydrogen-bond acceptors (Lipinski definition) is 5. The number of aryl methyl sites for hydroxylation is 2. The van der Waals surface area contributed by atoms with Crippen LogP contribution in [0.5, 0.6) is 5.75 Å². The number of ether oxygens (including phenoxy) is 2. The highest BCUT2D eigenvalue weighted by molar-refractivity contribution is 6.06. The van der Waals surface area contributed by atoms with Crippen LogP contribution in [0.25, 0.3) is 10.9 Å². The Labute approximate surface area is 213 Å². The zero-order valence-corrected chi connectivity index (χ0v) is 21.5. The monoisotopic (exact) mass is 491 g/mol. The van der Waals surface area contributed by atoms with Gasteiger partial charge in [-0.05, 0) is 81.5 Å². The molecule has 0 bridgehead atoms. The molecule has 2 aromatic carbocycles. The first-order chi connectivity index (χ1) is 17.3. The van der Waals surface area contributed by atoms with Crippen molar-refractivity contribution < 1.29 is 19.4 Å². The minimum absolute atomic E-state index is 0.141. The summed E-state index contributed by atoms with van der Waals surface area (Å²) in [6.45, 7) is 7.98. The van der Waals surface area contributed by atoms with E-state index in [1.807, 2.05) is 25.1 Å². The van der Waals surface area contributed by atoms with E-state index >= 15 is 0 Å². The molecular formula is C29H37N3O4. The third kappa shape index (κ3) is 5.43. The number of aliphatic hydroxyl groups is 1. The molecule has 36 heavy (non-hydrogen) atoms. The third-order valence-electron chi connectivity index (χ3n) is 7.69. The second-order valence-corrected chi connectivity index (χ2v) is 10.6. The maximum absolute atomic E-state index is 13.0. The molecule has 1 aromatic heterocycles. The molecule has 3 aromatic rings. The summed E-state index contributed by atoms with van der Waals surface area (Å²) in [5.41, 5.74) is 4.27. The molecule has 0 aliphatic carbocycles. The Kier molecular flexibility index (Phi) is 7.06. The van der Waals surface area contributed by atoms with Crippen LogP contribution < -0.4 is 10.1 Å². The van der Waals surface area contributed by atoms with Crippen molar-refractivity contribution >= 4 is 22.5 Å². The number of fused-ring (bicyclic) bond motifs is 1. The van der Waals surface area contributed by atoms with E-state index in [0.29, 0.717) is 12.2 Å². The Morgan fingerprint density at radius 1 is 1.19 bits per heavy atom. The first-order valence-electron chi connectivity index (χ1n) is 13.0. The lowest BCUT2D eigenvalue weighted by Crippen LogP contribution is -2.42. The summed E-state index contributed by atoms with van der Waals surface area (Å²) in [4.78, 5) is 15.4. The van der Waals surface area contributed by atoms with Crippen LogP contribution in [0, 0.1) is 6.92 Å². The van der Waals surface area contributed by atoms with Crippen molar-refractivity contribution in [2.75, 3.05) is 31.6 Å². The highest BCUT2D eigenvalue weighted by Crippen LogP contribution is 2.30. The van der Waals surface area contributed by atoms with Crippen molar-refractivity contribution in [1.29, 1.82) is 0 Å². The average molecular weight is 492 g/mol. The smallest absolute Gasteiger partial charge is 0.255 e. The number of aromatic nitrogens is 1. The average Bonchev–Trinajstić information content (AvgIpc) is 3.49. The summed E-state index contributed by atoms with van der Waals surface area (Å²) >= 11 is 0. The van der Waals surface area contributed by atoms with Gasteiger partial charge in [0.2, 0.25) is 0 Å². The maximum atomic E-state index is 13.0. The van der Waals surface area contributed by atoms with Gasteiger partial charge in [-0.1, -0.05) is 6.07 Å². The van der Waals surface area contributed by atoms with Crippen molar-refractivity contribution in [2.45, 2.75) is 57.8 Å². The Balaban J connectivity index is 1.25. The fraction of sp³-hybridized carbons (Fsp3) is 0.483. The number of benzene rings is 2. The van der Waals surface area contributed by atoms with Gasteiger partial charge in [0.05, 0.1) is 17.2 Å². The van der Waals surface area contributed by atoms with Gasteiger partial charge in [0.15, 0.2) is 0 Å². The van der Waals surface area contributed by atoms with Gasteiger partial charge in [-0.3, -0.25) is 9.69 Å². The number of nitrogens with zero attached hydrogens (tertiary/aromatic N) is 2. The molecule has 3 heterocycles. The van der Waals surface area contributed by atoms with Crippen LogP contribution in [-0.4, -0.2) is 58.5 Å². The van der Waals surface area contributed by atoms with Gasteiger partial charge in [-0.15, -0.1) is 0 Å². The van der Waals surface area contributed by atoms with E-state index in [1.54, 1.807) is 12.1 Å². The molecule has 2 aliphatic rings. The van der Waals surface area contributed by atoms with Gasteiger partial charge in [-0.25, -0.2) is 0 Å². The van der Waals surface area contributed by atoms with Crippen LogP contribution in [0.1, 0.15) is 54.2 Å². The summed E-state index contributed by atoms with van der Waals surface area (Å²) in [7, 11) is 2.09. The lowest BCUT2D eigenvalue weighted by atomic mass is 9.94. The number of hydrogen-bond donors (Lipinski definition) is 2. The Morgan fingerprint density at radius 2 is 1.94 bits per heavy atom. The van der Waals surface area contributed by atoms with Gasteiger partial charge in [0.25, 0.3) is 5.91 Å². The third-order valence-corrected chi connectivity index (χ3v) is 7.69. The first-order valence-corrected chi connectivity index (χ1v) is 13.0. The van der Waals surface area contributed by atoms with Gasteiger partial charge < -0.3 is 24.5 Å². The van der Waals surface area contributed by atoms with Crippen molar-refractivity contribution in [3.05, 3.63) is 59.3 Å². The molecule has 192 valence electrons. The largest absolute Gasteiger partial charge is 0.491 e. The lowest BCUT2D eigenvalue weighted by molar-refractivity contribution is -0.00771. The van der Waals surface area contributed by atoms with Crippen LogP contribution in [0.15, 0.2) is 42.5 Å². The molecule has 2 fully saturated rings. The number of carbonyl (C=O) groups is 1. The van der Waals surface area contributed by atoms with E-state index in [4.69, 9.17) is 9.47 Å². The summed E-state index contributed by atoms with van der Waals surface area (Å²) < 4.78 is 13.6. The second kappa shape index (κ2) is 10.2. The van der Waals surface area contributed by atoms with Crippen LogP contribution >= 0.6 is 0 Å². The highest BCUT2D eigenvalue weighted by Gasteiger charge is 2.27. The summed E-state index contributed by atoms with van der Waals surface area (Å²) in [6.07, 6.45) is 3.89. The molecule has 2 N–H and O–H groups in total. The molecular weight excluding hydrogens is 454 g/mol. The zero-order chi connectivity index (χ0) is 25.3. The number of nitrogens with one attached hydrogen (secondary N) is 1. The lowest BCUT2D eigenvalue weighted by Gasteiger charge is -2.35. The van der Waals surface area contributed by atoms with Gasteiger partial charge in [-0.2, -0.15) is 0 Å². The number of rotatable bonds is 7. The van der Waals surface area contributed by atoms with E-state index in [0.717, 1.165) is 74.4 Å². The van der Waals surface area contributed by atoms with Crippen molar-refractivity contribution in [2.24, 2.45) is 7.05 Å². The number of anilines is 1. The van der Waals surface area contributed by atoms with Gasteiger partial charge in [0.1, 0.15) is 12.4 Å². The molecule has 1 atom stereocenters. The Morgan fingerprint density at radius 3 is 2.64 bits per heavy atom. The fourth-order valence-electron chi connectivity index (χ4n) is 5.27. The SMILES string of the molecule is Cc1c(NC(=O)c2ccc(OC[C@@H]3CCCO3)cc2)ccc2cc(CN3CCC(C)(O)CC3)n(C)c12. The predicted octanol–water partition coefficient (Wildman–Crippen LogP) is 4.64. The maximum Gasteiger partial charge on any atom is 0.255 e. The fourth-order valence-corrected chi connectivity index (χ4v) is 5.27. The molecule has 7 heteroatoms. The van der Waals surface area contributed by atoms with E-state index in [2.05, 4.69) is 40.9 Å². The highest BCUT2D eigenvalue weighted by atomic mass is 16.5. The molecule has 0 unspecified atom stereocenters. The van der Waals surface area contributed by atoms with Crippen LogP contribution in [0.4, 0.5) is 5.69 Å². The van der Waals surface area contributed by atoms with E-state index in [9.17, 15) is 9.90 Å². The van der Waals surface area contributed by atoms with Crippen LogP contribution in [0.2, 0.25) is 0 Å². The molecule has 2 saturated heterocycles.